The lowest BCUT2D eigenvalue weighted by Crippen LogP contribution is -2.27. The van der Waals surface area contributed by atoms with Crippen molar-refractivity contribution in [3.05, 3.63) is 76.3 Å². The number of halogens is 3. The van der Waals surface area contributed by atoms with Crippen LogP contribution in [-0.2, 0) is 22.1 Å². The molecule has 10 heteroatoms. The number of nitrogens with zero attached hydrogens (tertiary/aromatic N) is 1. The highest BCUT2D eigenvalue weighted by Gasteiger charge is 2.30. The van der Waals surface area contributed by atoms with Gasteiger partial charge in [-0.1, -0.05) is 24.3 Å². The summed E-state index contributed by atoms with van der Waals surface area (Å²) in [6.07, 6.45) is -1.58. The summed E-state index contributed by atoms with van der Waals surface area (Å²) in [4.78, 5) is 29.7. The van der Waals surface area contributed by atoms with E-state index in [-0.39, 0.29) is 12.3 Å². The van der Waals surface area contributed by atoms with Crippen molar-refractivity contribution < 1.29 is 27.5 Å². The van der Waals surface area contributed by atoms with E-state index in [1.54, 1.807) is 30.3 Å². The van der Waals surface area contributed by atoms with Gasteiger partial charge in [-0.3, -0.25) is 14.9 Å². The van der Waals surface area contributed by atoms with Crippen molar-refractivity contribution in [3.63, 3.8) is 0 Å². The van der Waals surface area contributed by atoms with Gasteiger partial charge in [-0.2, -0.15) is 13.2 Å². The minimum atomic E-state index is -4.40. The summed E-state index contributed by atoms with van der Waals surface area (Å²) in [6, 6.07) is 11.6. The van der Waals surface area contributed by atoms with Crippen LogP contribution in [0.25, 0.3) is 0 Å². The number of hydrogen-bond acceptors (Lipinski definition) is 5. The summed E-state index contributed by atoms with van der Waals surface area (Å²) in [5.41, 5.74) is 0.604. The monoisotopic (exact) mass is 475 g/mol. The van der Waals surface area contributed by atoms with E-state index in [0.29, 0.717) is 39.9 Å². The predicted octanol–water partition coefficient (Wildman–Crippen LogP) is 5.12. The molecule has 2 amide bonds. The summed E-state index contributed by atoms with van der Waals surface area (Å²) in [6.45, 7) is 0.560. The molecule has 1 unspecified atom stereocenters. The van der Waals surface area contributed by atoms with E-state index in [4.69, 9.17) is 4.74 Å². The number of ether oxygens (including phenoxy) is 1. The fourth-order valence-corrected chi connectivity index (χ4v) is 4.26. The number of anilines is 2. The van der Waals surface area contributed by atoms with Crippen LogP contribution in [-0.4, -0.2) is 29.5 Å². The first kappa shape index (κ1) is 22.9. The zero-order chi connectivity index (χ0) is 23.4. The summed E-state index contributed by atoms with van der Waals surface area (Å²) in [5.74, 6) is -0.660. The lowest BCUT2D eigenvalue weighted by molar-refractivity contribution is -0.137. The number of carbonyl (C=O) groups excluding carboxylic acids is 2. The molecule has 2 aromatic carbocycles. The average molecular weight is 475 g/mol. The van der Waals surface area contributed by atoms with Crippen LogP contribution in [0.1, 0.15) is 39.2 Å². The molecule has 1 atom stereocenters. The summed E-state index contributed by atoms with van der Waals surface area (Å²) >= 11 is 1.19. The third-order valence-corrected chi connectivity index (χ3v) is 5.93. The first-order valence-corrected chi connectivity index (χ1v) is 11.0. The lowest BCUT2D eigenvalue weighted by Gasteiger charge is -2.11. The molecular weight excluding hydrogens is 455 g/mol. The van der Waals surface area contributed by atoms with Gasteiger partial charge in [-0.25, -0.2) is 4.98 Å². The van der Waals surface area contributed by atoms with Crippen molar-refractivity contribution in [2.24, 2.45) is 0 Å². The number of hydrogen-bond donors (Lipinski definition) is 2. The van der Waals surface area contributed by atoms with E-state index in [1.165, 1.54) is 23.6 Å². The SMILES string of the molecule is O=C(Nc1ncc(Cc2cccc(C(F)(F)F)c2)s1)c1cccc(NC(=O)C2CCCO2)c1. The Morgan fingerprint density at radius 1 is 1.12 bits per heavy atom. The molecule has 1 fully saturated rings. The van der Waals surface area contributed by atoms with Crippen LogP contribution in [0.3, 0.4) is 0 Å². The van der Waals surface area contributed by atoms with Crippen LogP contribution in [0.15, 0.2) is 54.7 Å². The molecule has 1 aliphatic rings. The zero-order valence-corrected chi connectivity index (χ0v) is 18.1. The molecule has 4 rings (SSSR count). The molecule has 33 heavy (non-hydrogen) atoms. The third kappa shape index (κ3) is 5.96. The molecule has 172 valence electrons. The topological polar surface area (TPSA) is 80.3 Å². The molecule has 3 aromatic rings. The number of thiazole rings is 1. The van der Waals surface area contributed by atoms with Gasteiger partial charge in [-0.05, 0) is 42.7 Å². The fourth-order valence-electron chi connectivity index (χ4n) is 3.42. The van der Waals surface area contributed by atoms with Crippen LogP contribution in [0.4, 0.5) is 24.0 Å². The lowest BCUT2D eigenvalue weighted by atomic mass is 10.1. The van der Waals surface area contributed by atoms with E-state index < -0.39 is 23.8 Å². The second-order valence-electron chi connectivity index (χ2n) is 7.53. The quantitative estimate of drug-likeness (QED) is 0.519. The molecule has 0 saturated carbocycles. The minimum Gasteiger partial charge on any atom is -0.368 e. The van der Waals surface area contributed by atoms with Crippen molar-refractivity contribution in [1.29, 1.82) is 0 Å². The highest BCUT2D eigenvalue weighted by Crippen LogP contribution is 2.30. The van der Waals surface area contributed by atoms with Crippen LogP contribution in [0.5, 0.6) is 0 Å². The van der Waals surface area contributed by atoms with Gasteiger partial charge in [0, 0.05) is 35.4 Å². The second-order valence-corrected chi connectivity index (χ2v) is 8.65. The maximum atomic E-state index is 12.9. The summed E-state index contributed by atoms with van der Waals surface area (Å²) < 4.78 is 44.1. The number of rotatable bonds is 6. The average Bonchev–Trinajstić information content (AvgIpc) is 3.46. The molecule has 6 nitrogen and oxygen atoms in total. The molecule has 1 aliphatic heterocycles. The molecular formula is C23H20F3N3O3S. The standard InChI is InChI=1S/C23H20F3N3O3S/c24-23(25,26)16-6-1-4-14(10-16)11-18-13-27-22(33-18)29-20(30)15-5-2-7-17(12-15)28-21(31)19-8-3-9-32-19/h1-2,4-7,10,12-13,19H,3,8-9,11H2,(H,28,31)(H,27,29,30). The van der Waals surface area contributed by atoms with Crippen molar-refractivity contribution >= 4 is 34.0 Å². The van der Waals surface area contributed by atoms with Gasteiger partial charge >= 0.3 is 6.18 Å². The highest BCUT2D eigenvalue weighted by atomic mass is 32.1. The Hall–Kier alpha value is -3.24. The Balaban J connectivity index is 1.38. The van der Waals surface area contributed by atoms with Gasteiger partial charge in [0.05, 0.1) is 5.56 Å². The number of amides is 2. The Morgan fingerprint density at radius 2 is 1.94 bits per heavy atom. The maximum Gasteiger partial charge on any atom is 0.416 e. The minimum absolute atomic E-state index is 0.246. The zero-order valence-electron chi connectivity index (χ0n) is 17.3. The number of nitrogens with one attached hydrogen (secondary N) is 2. The van der Waals surface area contributed by atoms with Crippen molar-refractivity contribution in [3.8, 4) is 0 Å². The van der Waals surface area contributed by atoms with Gasteiger partial charge in [0.15, 0.2) is 5.13 Å². The largest absolute Gasteiger partial charge is 0.416 e. The highest BCUT2D eigenvalue weighted by molar-refractivity contribution is 7.15. The van der Waals surface area contributed by atoms with E-state index in [9.17, 15) is 22.8 Å². The molecule has 2 heterocycles. The van der Waals surface area contributed by atoms with E-state index in [2.05, 4.69) is 15.6 Å². The van der Waals surface area contributed by atoms with Crippen LogP contribution in [0, 0.1) is 0 Å². The van der Waals surface area contributed by atoms with Crippen LogP contribution in [0.2, 0.25) is 0 Å². The number of alkyl halides is 3. The van der Waals surface area contributed by atoms with E-state index in [1.807, 2.05) is 0 Å². The normalized spacial score (nSPS) is 15.9. The van der Waals surface area contributed by atoms with Gasteiger partial charge in [-0.15, -0.1) is 11.3 Å². The van der Waals surface area contributed by atoms with Gasteiger partial charge in [0.25, 0.3) is 11.8 Å². The van der Waals surface area contributed by atoms with E-state index in [0.717, 1.165) is 18.6 Å². The predicted molar refractivity (Wildman–Crippen MR) is 118 cm³/mol. The number of carbonyl (C=O) groups is 2. The van der Waals surface area contributed by atoms with Crippen LogP contribution < -0.4 is 10.6 Å². The Bertz CT molecular complexity index is 1160. The molecule has 1 aromatic heterocycles. The first-order chi connectivity index (χ1) is 15.8. The second kappa shape index (κ2) is 9.72. The Labute approximate surface area is 191 Å². The third-order valence-electron chi connectivity index (χ3n) is 5.02. The number of benzene rings is 2. The maximum absolute atomic E-state index is 12.9. The molecule has 2 N–H and O–H groups in total. The molecule has 0 aliphatic carbocycles. The smallest absolute Gasteiger partial charge is 0.368 e. The first-order valence-electron chi connectivity index (χ1n) is 10.2. The molecule has 1 saturated heterocycles. The Morgan fingerprint density at radius 3 is 2.70 bits per heavy atom. The summed E-state index contributed by atoms with van der Waals surface area (Å²) in [7, 11) is 0. The van der Waals surface area contributed by atoms with Crippen molar-refractivity contribution in [2.75, 3.05) is 17.2 Å². The Kier molecular flexibility index (Phi) is 6.75. The van der Waals surface area contributed by atoms with Crippen molar-refractivity contribution in [1.82, 2.24) is 4.98 Å². The molecule has 0 bridgehead atoms. The van der Waals surface area contributed by atoms with Gasteiger partial charge in [0.1, 0.15) is 6.10 Å². The molecule has 0 spiro atoms. The van der Waals surface area contributed by atoms with Crippen LogP contribution >= 0.6 is 11.3 Å². The molecule has 0 radical (unpaired) electrons. The van der Waals surface area contributed by atoms with Gasteiger partial charge < -0.3 is 10.1 Å². The van der Waals surface area contributed by atoms with Gasteiger partial charge in [0.2, 0.25) is 0 Å². The summed E-state index contributed by atoms with van der Waals surface area (Å²) in [5, 5.41) is 5.77. The van der Waals surface area contributed by atoms with Crippen molar-refractivity contribution in [2.45, 2.75) is 31.5 Å². The fraction of sp³-hybridized carbons (Fsp3) is 0.261. The number of aromatic nitrogens is 1. The van der Waals surface area contributed by atoms with E-state index >= 15 is 0 Å².